The van der Waals surface area contributed by atoms with Gasteiger partial charge in [-0.25, -0.2) is 0 Å². The molecule has 5 atom stereocenters. The average molecular weight is 332 g/mol. The standard InChI is InChI=1S/C14H21N3O4.ClH/c1-7(15-2)5-16-10(18)6-17-13(19)11-8-3-4-9(21-8)12(11)14(17)20;/h7-9,11-12,15H,3-6H2,1-2H3,(H,16,18);1H. The Bertz CT molecular complexity index is 459. The minimum absolute atomic E-state index is 0. The van der Waals surface area contributed by atoms with Gasteiger partial charge >= 0.3 is 0 Å². The van der Waals surface area contributed by atoms with E-state index in [1.165, 1.54) is 0 Å². The molecule has 8 heteroatoms. The van der Waals surface area contributed by atoms with E-state index in [0.29, 0.717) is 6.54 Å². The summed E-state index contributed by atoms with van der Waals surface area (Å²) in [5.74, 6) is -1.50. The highest BCUT2D eigenvalue weighted by Gasteiger charge is 2.62. The maximum atomic E-state index is 12.3. The van der Waals surface area contributed by atoms with E-state index in [1.54, 1.807) is 7.05 Å². The van der Waals surface area contributed by atoms with E-state index < -0.39 is 0 Å². The van der Waals surface area contributed by atoms with Crippen LogP contribution in [0.5, 0.6) is 0 Å². The quantitative estimate of drug-likeness (QED) is 0.650. The maximum absolute atomic E-state index is 12.3. The first kappa shape index (κ1) is 17.2. The number of imide groups is 1. The molecule has 0 aromatic heterocycles. The number of amides is 3. The van der Waals surface area contributed by atoms with Crippen molar-refractivity contribution in [1.29, 1.82) is 0 Å². The van der Waals surface area contributed by atoms with Crippen molar-refractivity contribution < 1.29 is 19.1 Å². The lowest BCUT2D eigenvalue weighted by Crippen LogP contribution is -2.45. The lowest BCUT2D eigenvalue weighted by Gasteiger charge is -2.18. The van der Waals surface area contributed by atoms with Gasteiger partial charge in [0.05, 0.1) is 24.0 Å². The number of halogens is 1. The van der Waals surface area contributed by atoms with Crippen LogP contribution in [-0.4, -0.2) is 61.0 Å². The van der Waals surface area contributed by atoms with Gasteiger partial charge in [0, 0.05) is 12.6 Å². The van der Waals surface area contributed by atoms with E-state index >= 15 is 0 Å². The highest BCUT2D eigenvalue weighted by atomic mass is 35.5. The van der Waals surface area contributed by atoms with Gasteiger partial charge < -0.3 is 15.4 Å². The summed E-state index contributed by atoms with van der Waals surface area (Å²) in [5.41, 5.74) is 0. The summed E-state index contributed by atoms with van der Waals surface area (Å²) in [5, 5.41) is 5.73. The molecule has 3 aliphatic heterocycles. The third-order valence-electron chi connectivity index (χ3n) is 4.78. The molecule has 22 heavy (non-hydrogen) atoms. The third-order valence-corrected chi connectivity index (χ3v) is 4.78. The van der Waals surface area contributed by atoms with Crippen molar-refractivity contribution in [3.05, 3.63) is 0 Å². The van der Waals surface area contributed by atoms with Crippen molar-refractivity contribution in [3.8, 4) is 0 Å². The predicted octanol–water partition coefficient (Wildman–Crippen LogP) is -0.705. The molecule has 3 rings (SSSR count). The molecule has 5 unspecified atom stereocenters. The predicted molar refractivity (Wildman–Crippen MR) is 80.4 cm³/mol. The summed E-state index contributed by atoms with van der Waals surface area (Å²) in [6, 6.07) is 0.141. The first-order valence-corrected chi connectivity index (χ1v) is 7.47. The van der Waals surface area contributed by atoms with Gasteiger partial charge in [-0.2, -0.15) is 0 Å². The van der Waals surface area contributed by atoms with Crippen molar-refractivity contribution in [3.63, 3.8) is 0 Å². The van der Waals surface area contributed by atoms with Gasteiger partial charge in [0.15, 0.2) is 0 Å². The van der Waals surface area contributed by atoms with E-state index in [-0.39, 0.29) is 66.8 Å². The van der Waals surface area contributed by atoms with E-state index in [0.717, 1.165) is 17.7 Å². The van der Waals surface area contributed by atoms with Gasteiger partial charge in [0.2, 0.25) is 17.7 Å². The van der Waals surface area contributed by atoms with Gasteiger partial charge in [0.25, 0.3) is 0 Å². The van der Waals surface area contributed by atoms with Crippen LogP contribution in [0.15, 0.2) is 0 Å². The van der Waals surface area contributed by atoms with E-state index in [4.69, 9.17) is 4.74 Å². The minimum Gasteiger partial charge on any atom is -0.373 e. The van der Waals surface area contributed by atoms with Crippen molar-refractivity contribution >= 4 is 30.1 Å². The smallest absolute Gasteiger partial charge is 0.240 e. The number of nitrogens with one attached hydrogen (secondary N) is 2. The van der Waals surface area contributed by atoms with Gasteiger partial charge in [0.1, 0.15) is 6.54 Å². The highest BCUT2D eigenvalue weighted by Crippen LogP contribution is 2.48. The average Bonchev–Trinajstić information content (AvgIpc) is 3.14. The number of fused-ring (bicyclic) bond motifs is 5. The zero-order chi connectivity index (χ0) is 15.1. The summed E-state index contributed by atoms with van der Waals surface area (Å²) >= 11 is 0. The molecule has 3 saturated heterocycles. The molecule has 0 saturated carbocycles. The molecular weight excluding hydrogens is 310 g/mol. The molecule has 0 aromatic carbocycles. The van der Waals surface area contributed by atoms with Crippen LogP contribution >= 0.6 is 12.4 Å². The number of likely N-dealkylation sites (N-methyl/N-ethyl adjacent to an activating group) is 1. The second-order valence-corrected chi connectivity index (χ2v) is 6.10. The van der Waals surface area contributed by atoms with Crippen LogP contribution in [0, 0.1) is 11.8 Å². The molecule has 7 nitrogen and oxygen atoms in total. The molecule has 3 fully saturated rings. The largest absolute Gasteiger partial charge is 0.373 e. The van der Waals surface area contributed by atoms with Crippen LogP contribution < -0.4 is 10.6 Å². The SMILES string of the molecule is CNC(C)CNC(=O)CN1C(=O)C2C3CCC(O3)C2C1=O.Cl. The summed E-state index contributed by atoms with van der Waals surface area (Å²) in [7, 11) is 1.81. The first-order chi connectivity index (χ1) is 10.0. The van der Waals surface area contributed by atoms with Crippen LogP contribution in [0.3, 0.4) is 0 Å². The van der Waals surface area contributed by atoms with Crippen LogP contribution in [-0.2, 0) is 19.1 Å². The Morgan fingerprint density at radius 1 is 1.27 bits per heavy atom. The molecule has 0 spiro atoms. The molecule has 0 aliphatic carbocycles. The van der Waals surface area contributed by atoms with Gasteiger partial charge in [-0.15, -0.1) is 12.4 Å². The number of ether oxygens (including phenoxy) is 1. The molecule has 3 heterocycles. The lowest BCUT2D eigenvalue weighted by molar-refractivity contribution is -0.146. The second-order valence-electron chi connectivity index (χ2n) is 6.10. The fourth-order valence-electron chi connectivity index (χ4n) is 3.50. The van der Waals surface area contributed by atoms with Gasteiger partial charge in [-0.1, -0.05) is 0 Å². The van der Waals surface area contributed by atoms with Crippen molar-refractivity contribution in [2.45, 2.75) is 38.0 Å². The number of hydrogen-bond acceptors (Lipinski definition) is 5. The Kier molecular flexibility index (Phi) is 5.09. The van der Waals surface area contributed by atoms with E-state index in [2.05, 4.69) is 10.6 Å². The molecule has 0 radical (unpaired) electrons. The number of hydrogen-bond donors (Lipinski definition) is 2. The lowest BCUT2D eigenvalue weighted by atomic mass is 9.81. The first-order valence-electron chi connectivity index (χ1n) is 7.47. The van der Waals surface area contributed by atoms with Crippen molar-refractivity contribution in [2.75, 3.05) is 20.1 Å². The number of nitrogens with zero attached hydrogens (tertiary/aromatic N) is 1. The molecule has 124 valence electrons. The van der Waals surface area contributed by atoms with Gasteiger partial charge in [-0.3, -0.25) is 19.3 Å². The molecule has 2 N–H and O–H groups in total. The van der Waals surface area contributed by atoms with Crippen molar-refractivity contribution in [1.82, 2.24) is 15.5 Å². The van der Waals surface area contributed by atoms with E-state index in [9.17, 15) is 14.4 Å². The zero-order valence-corrected chi connectivity index (χ0v) is 13.5. The summed E-state index contributed by atoms with van der Waals surface area (Å²) in [4.78, 5) is 37.7. The van der Waals surface area contributed by atoms with Crippen LogP contribution in [0.1, 0.15) is 19.8 Å². The minimum atomic E-state index is -0.361. The molecule has 2 bridgehead atoms. The summed E-state index contributed by atoms with van der Waals surface area (Å²) in [6.07, 6.45) is 1.41. The monoisotopic (exact) mass is 331 g/mol. The Labute approximate surface area is 135 Å². The van der Waals surface area contributed by atoms with Gasteiger partial charge in [-0.05, 0) is 26.8 Å². The Morgan fingerprint density at radius 2 is 1.82 bits per heavy atom. The fraction of sp³-hybridized carbons (Fsp3) is 0.786. The number of carbonyl (C=O) groups is 3. The maximum Gasteiger partial charge on any atom is 0.240 e. The highest BCUT2D eigenvalue weighted by molar-refractivity contribution is 6.08. The van der Waals surface area contributed by atoms with Crippen LogP contribution in [0.4, 0.5) is 0 Å². The summed E-state index contributed by atoms with van der Waals surface area (Å²) in [6.45, 7) is 2.22. The third kappa shape index (κ3) is 2.73. The molecule has 0 aromatic rings. The van der Waals surface area contributed by atoms with Crippen molar-refractivity contribution in [2.24, 2.45) is 11.8 Å². The zero-order valence-electron chi connectivity index (χ0n) is 12.7. The Balaban J connectivity index is 0.00000176. The Hall–Kier alpha value is -1.18. The normalized spacial score (nSPS) is 33.6. The Morgan fingerprint density at radius 3 is 2.32 bits per heavy atom. The topological polar surface area (TPSA) is 87.7 Å². The molecule has 3 amide bonds. The van der Waals surface area contributed by atoms with E-state index in [1.807, 2.05) is 6.92 Å². The molecular formula is C14H22ClN3O4. The number of rotatable bonds is 5. The van der Waals surface area contributed by atoms with Crippen LogP contribution in [0.25, 0.3) is 0 Å². The number of carbonyl (C=O) groups excluding carboxylic acids is 3. The second kappa shape index (κ2) is 6.52. The summed E-state index contributed by atoms with van der Waals surface area (Å²) < 4.78 is 5.65. The fourth-order valence-corrected chi connectivity index (χ4v) is 3.50. The molecule has 3 aliphatic rings. The van der Waals surface area contributed by atoms with Crippen LogP contribution in [0.2, 0.25) is 0 Å². The number of likely N-dealkylation sites (tertiary alicyclic amines) is 1.